The first-order valence-electron chi connectivity index (χ1n) is 9.65. The fourth-order valence-corrected chi connectivity index (χ4v) is 4.17. The lowest BCUT2D eigenvalue weighted by Gasteiger charge is -2.34. The molecule has 146 valence electrons. The molecule has 2 N–H and O–H groups in total. The van der Waals surface area contributed by atoms with Gasteiger partial charge in [-0.1, -0.05) is 42.5 Å². The van der Waals surface area contributed by atoms with Crippen LogP contribution < -0.4 is 10.6 Å². The number of nitriles is 1. The molecule has 2 atom stereocenters. The van der Waals surface area contributed by atoms with Gasteiger partial charge >= 0.3 is 0 Å². The second-order valence-electron chi connectivity index (χ2n) is 7.69. The molecule has 0 aromatic heterocycles. The summed E-state index contributed by atoms with van der Waals surface area (Å²) in [5.74, 6) is 0.268. The lowest BCUT2D eigenvalue weighted by Crippen LogP contribution is -2.29. The van der Waals surface area contributed by atoms with Crippen LogP contribution >= 0.6 is 0 Å². The van der Waals surface area contributed by atoms with Crippen molar-refractivity contribution in [3.8, 4) is 6.07 Å². The molecule has 2 aliphatic rings. The second-order valence-corrected chi connectivity index (χ2v) is 7.69. The van der Waals surface area contributed by atoms with E-state index in [0.29, 0.717) is 29.7 Å². The first-order valence-corrected chi connectivity index (χ1v) is 9.65. The van der Waals surface area contributed by atoms with Gasteiger partial charge in [0.1, 0.15) is 17.4 Å². The summed E-state index contributed by atoms with van der Waals surface area (Å²) in [6, 6.07) is 20.0. The van der Waals surface area contributed by atoms with Gasteiger partial charge in [-0.15, -0.1) is 0 Å². The lowest BCUT2D eigenvalue weighted by molar-refractivity contribution is -0.117. The number of rotatable bonds is 3. The number of ether oxygens (including phenoxy) is 1. The van der Waals surface area contributed by atoms with Crippen LogP contribution in [0.1, 0.15) is 35.8 Å². The van der Waals surface area contributed by atoms with Crippen LogP contribution in [0.4, 0.5) is 5.69 Å². The maximum absolute atomic E-state index is 13.2. The molecule has 4 rings (SSSR count). The van der Waals surface area contributed by atoms with Crippen LogP contribution in [0, 0.1) is 11.3 Å². The summed E-state index contributed by atoms with van der Waals surface area (Å²) in [5, 5.41) is 9.73. The van der Waals surface area contributed by atoms with Gasteiger partial charge in [0.25, 0.3) is 0 Å². The summed E-state index contributed by atoms with van der Waals surface area (Å²) in [4.78, 5) is 15.2. The Labute approximate surface area is 170 Å². The van der Waals surface area contributed by atoms with Crippen molar-refractivity contribution in [2.24, 2.45) is 5.73 Å². The number of anilines is 1. The standard InChI is InChI=1S/C24H23N3O2/c1-27(2)18-10-8-16(9-11-18)22-19(14-25)24(26)29-21-13-17(12-20(28)23(21)22)15-6-4-3-5-7-15/h3-11,17,22H,12-13,26H2,1-2H3/t17-,22-/m1/s1. The highest BCUT2D eigenvalue weighted by Crippen LogP contribution is 2.46. The molecule has 0 bridgehead atoms. The molecule has 5 nitrogen and oxygen atoms in total. The van der Waals surface area contributed by atoms with Crippen molar-refractivity contribution >= 4 is 11.5 Å². The fraction of sp³-hybridized carbons (Fsp3) is 0.250. The summed E-state index contributed by atoms with van der Waals surface area (Å²) in [7, 11) is 3.94. The van der Waals surface area contributed by atoms with Gasteiger partial charge in [0.2, 0.25) is 5.88 Å². The van der Waals surface area contributed by atoms with Crippen LogP contribution in [0.15, 0.2) is 77.4 Å². The Morgan fingerprint density at radius 1 is 1.03 bits per heavy atom. The zero-order valence-corrected chi connectivity index (χ0v) is 16.6. The van der Waals surface area contributed by atoms with Gasteiger partial charge in [-0.3, -0.25) is 4.79 Å². The van der Waals surface area contributed by atoms with Gasteiger partial charge in [-0.2, -0.15) is 5.26 Å². The normalized spacial score (nSPS) is 21.3. The Bertz CT molecular complexity index is 1040. The topological polar surface area (TPSA) is 79.3 Å². The quantitative estimate of drug-likeness (QED) is 0.865. The maximum atomic E-state index is 13.2. The molecule has 0 amide bonds. The molecule has 1 aliphatic carbocycles. The van der Waals surface area contributed by atoms with Crippen molar-refractivity contribution in [3.05, 3.63) is 88.5 Å². The predicted octanol–water partition coefficient (Wildman–Crippen LogP) is 3.96. The molecule has 2 aromatic carbocycles. The minimum Gasteiger partial charge on any atom is -0.444 e. The van der Waals surface area contributed by atoms with E-state index in [2.05, 4.69) is 6.07 Å². The largest absolute Gasteiger partial charge is 0.444 e. The minimum absolute atomic E-state index is 0.0158. The summed E-state index contributed by atoms with van der Waals surface area (Å²) in [6.07, 6.45) is 0.994. The summed E-state index contributed by atoms with van der Waals surface area (Å²) < 4.78 is 5.82. The van der Waals surface area contributed by atoms with E-state index in [1.54, 1.807) is 0 Å². The van der Waals surface area contributed by atoms with Crippen LogP contribution in [0.2, 0.25) is 0 Å². The van der Waals surface area contributed by atoms with Crippen molar-refractivity contribution in [2.45, 2.75) is 24.7 Å². The van der Waals surface area contributed by atoms with E-state index < -0.39 is 5.92 Å². The Morgan fingerprint density at radius 2 is 1.72 bits per heavy atom. The summed E-state index contributed by atoms with van der Waals surface area (Å²) >= 11 is 0. The third-order valence-corrected chi connectivity index (χ3v) is 5.67. The first-order chi connectivity index (χ1) is 14.0. The van der Waals surface area contributed by atoms with Crippen molar-refractivity contribution < 1.29 is 9.53 Å². The molecule has 0 saturated carbocycles. The molecule has 0 radical (unpaired) electrons. The number of carbonyl (C=O) groups is 1. The summed E-state index contributed by atoms with van der Waals surface area (Å²) in [5.41, 5.74) is 10.0. The molecular weight excluding hydrogens is 362 g/mol. The highest BCUT2D eigenvalue weighted by molar-refractivity contribution is 6.00. The molecular formula is C24H23N3O2. The van der Waals surface area contributed by atoms with Crippen molar-refractivity contribution in [2.75, 3.05) is 19.0 Å². The average molecular weight is 385 g/mol. The highest BCUT2D eigenvalue weighted by Gasteiger charge is 2.40. The van der Waals surface area contributed by atoms with Crippen LogP contribution in [-0.2, 0) is 9.53 Å². The lowest BCUT2D eigenvalue weighted by atomic mass is 9.73. The number of hydrogen-bond donors (Lipinski definition) is 1. The monoisotopic (exact) mass is 385 g/mol. The van der Waals surface area contributed by atoms with E-state index in [1.165, 1.54) is 0 Å². The number of allylic oxidation sites excluding steroid dienone is 3. The molecule has 29 heavy (non-hydrogen) atoms. The van der Waals surface area contributed by atoms with Gasteiger partial charge in [-0.25, -0.2) is 0 Å². The maximum Gasteiger partial charge on any atom is 0.205 e. The van der Waals surface area contributed by atoms with Crippen LogP contribution in [0.25, 0.3) is 0 Å². The zero-order valence-electron chi connectivity index (χ0n) is 16.6. The van der Waals surface area contributed by atoms with E-state index in [4.69, 9.17) is 10.5 Å². The molecule has 1 heterocycles. The summed E-state index contributed by atoms with van der Waals surface area (Å²) in [6.45, 7) is 0. The third kappa shape index (κ3) is 3.38. The van der Waals surface area contributed by atoms with Crippen molar-refractivity contribution in [3.63, 3.8) is 0 Å². The predicted molar refractivity (Wildman–Crippen MR) is 112 cm³/mol. The Morgan fingerprint density at radius 3 is 2.34 bits per heavy atom. The van der Waals surface area contributed by atoms with Crippen molar-refractivity contribution in [1.29, 1.82) is 5.26 Å². The van der Waals surface area contributed by atoms with Gasteiger partial charge < -0.3 is 15.4 Å². The number of ketones is 1. The van der Waals surface area contributed by atoms with Crippen LogP contribution in [0.5, 0.6) is 0 Å². The SMILES string of the molecule is CN(C)c1ccc([C@@H]2C(C#N)=C(N)OC3=C2C(=O)C[C@@H](c2ccccc2)C3)cc1. The molecule has 5 heteroatoms. The van der Waals surface area contributed by atoms with E-state index in [0.717, 1.165) is 16.8 Å². The van der Waals surface area contributed by atoms with Crippen LogP contribution in [0.3, 0.4) is 0 Å². The number of benzene rings is 2. The Hall–Kier alpha value is -3.52. The average Bonchev–Trinajstić information content (AvgIpc) is 2.73. The molecule has 0 saturated heterocycles. The van der Waals surface area contributed by atoms with Gasteiger partial charge in [-0.05, 0) is 29.2 Å². The third-order valence-electron chi connectivity index (χ3n) is 5.67. The number of carbonyl (C=O) groups excluding carboxylic acids is 1. The van der Waals surface area contributed by atoms with Crippen LogP contribution in [-0.4, -0.2) is 19.9 Å². The highest BCUT2D eigenvalue weighted by atomic mass is 16.5. The van der Waals surface area contributed by atoms with Gasteiger partial charge in [0, 0.05) is 38.2 Å². The molecule has 2 aromatic rings. The van der Waals surface area contributed by atoms with E-state index >= 15 is 0 Å². The van der Waals surface area contributed by atoms with E-state index in [1.807, 2.05) is 73.6 Å². The number of nitrogens with zero attached hydrogens (tertiary/aromatic N) is 2. The minimum atomic E-state index is -0.482. The number of hydrogen-bond acceptors (Lipinski definition) is 5. The zero-order chi connectivity index (χ0) is 20.5. The van der Waals surface area contributed by atoms with Gasteiger partial charge in [0.05, 0.1) is 5.92 Å². The van der Waals surface area contributed by atoms with E-state index in [-0.39, 0.29) is 17.6 Å². The molecule has 1 aliphatic heterocycles. The second kappa shape index (κ2) is 7.48. The molecule has 0 spiro atoms. The van der Waals surface area contributed by atoms with E-state index in [9.17, 15) is 10.1 Å². The molecule has 0 unspecified atom stereocenters. The fourth-order valence-electron chi connectivity index (χ4n) is 4.17. The van der Waals surface area contributed by atoms with Gasteiger partial charge in [0.15, 0.2) is 5.78 Å². The Balaban J connectivity index is 1.76. The van der Waals surface area contributed by atoms with Crippen molar-refractivity contribution in [1.82, 2.24) is 0 Å². The smallest absolute Gasteiger partial charge is 0.205 e. The Kier molecular flexibility index (Phi) is 4.85. The number of Topliss-reactive ketones (excluding diaryl/α,β-unsaturated/α-hetero) is 1. The molecule has 0 fully saturated rings. The first kappa shape index (κ1) is 18.8. The number of nitrogens with two attached hydrogens (primary N) is 1.